The molecule has 0 radical (unpaired) electrons. The summed E-state index contributed by atoms with van der Waals surface area (Å²) in [7, 11) is 3.11. The van der Waals surface area contributed by atoms with Gasteiger partial charge in [-0.05, 0) is 18.2 Å². The molecule has 0 aliphatic carbocycles. The number of nitrogens with two attached hydrogens (primary N) is 1. The van der Waals surface area contributed by atoms with Gasteiger partial charge in [0.05, 0.1) is 25.5 Å². The van der Waals surface area contributed by atoms with Crippen LogP contribution in [0.15, 0.2) is 42.5 Å². The number of methoxy groups -OCH3 is 2. The van der Waals surface area contributed by atoms with E-state index in [-0.39, 0.29) is 5.91 Å². The highest BCUT2D eigenvalue weighted by Crippen LogP contribution is 2.25. The maximum Gasteiger partial charge on any atom is 0.253 e. The molecule has 0 fully saturated rings. The van der Waals surface area contributed by atoms with Crippen LogP contribution in [-0.4, -0.2) is 20.1 Å². The number of anilines is 1. The predicted octanol–water partition coefficient (Wildman–Crippen LogP) is 2.22. The first-order valence-corrected chi connectivity index (χ1v) is 6.50. The number of nitrogen functional groups attached to an aromatic ring is 1. The number of hydrogen-bond donors (Lipinski definition) is 2. The molecule has 3 N–H and O–H groups in total. The van der Waals surface area contributed by atoms with Crippen LogP contribution in [0, 0.1) is 0 Å². The summed E-state index contributed by atoms with van der Waals surface area (Å²) in [6.45, 7) is 0.361. The highest BCUT2D eigenvalue weighted by molar-refractivity contribution is 6.00. The third-order valence-electron chi connectivity index (χ3n) is 3.16. The van der Waals surface area contributed by atoms with Crippen molar-refractivity contribution in [3.8, 4) is 11.5 Å². The molecule has 110 valence electrons. The Bertz CT molecular complexity index is 641. The fourth-order valence-electron chi connectivity index (χ4n) is 2.04. The number of carbonyl (C=O) groups is 1. The smallest absolute Gasteiger partial charge is 0.253 e. The average molecular weight is 286 g/mol. The molecule has 0 aliphatic rings. The number of rotatable bonds is 5. The lowest BCUT2D eigenvalue weighted by atomic mass is 10.1. The Morgan fingerprint density at radius 3 is 2.43 bits per heavy atom. The van der Waals surface area contributed by atoms with Crippen LogP contribution in [0.3, 0.4) is 0 Å². The molecule has 0 aromatic heterocycles. The van der Waals surface area contributed by atoms with E-state index in [1.165, 1.54) is 7.11 Å². The second-order valence-corrected chi connectivity index (χ2v) is 4.42. The van der Waals surface area contributed by atoms with Gasteiger partial charge in [-0.25, -0.2) is 0 Å². The molecule has 0 saturated carbocycles. The van der Waals surface area contributed by atoms with E-state index in [2.05, 4.69) is 5.32 Å². The summed E-state index contributed by atoms with van der Waals surface area (Å²) >= 11 is 0. The van der Waals surface area contributed by atoms with E-state index in [4.69, 9.17) is 15.2 Å². The number of nitrogens with one attached hydrogen (secondary N) is 1. The van der Waals surface area contributed by atoms with Gasteiger partial charge < -0.3 is 20.5 Å². The predicted molar refractivity (Wildman–Crippen MR) is 81.6 cm³/mol. The molecule has 1 amide bonds. The molecular formula is C16H18N2O3. The highest BCUT2D eigenvalue weighted by atomic mass is 16.5. The lowest BCUT2D eigenvalue weighted by Crippen LogP contribution is -2.24. The molecule has 0 saturated heterocycles. The van der Waals surface area contributed by atoms with Crippen molar-refractivity contribution < 1.29 is 14.3 Å². The van der Waals surface area contributed by atoms with Crippen molar-refractivity contribution in [2.45, 2.75) is 6.54 Å². The normalized spacial score (nSPS) is 10.0. The fraction of sp³-hybridized carbons (Fsp3) is 0.188. The van der Waals surface area contributed by atoms with Crippen LogP contribution in [0.2, 0.25) is 0 Å². The highest BCUT2D eigenvalue weighted by Gasteiger charge is 2.13. The SMILES string of the molecule is COc1ccccc1CNC(=O)c1cccc(OC)c1N. The lowest BCUT2D eigenvalue weighted by molar-refractivity contribution is 0.0951. The van der Waals surface area contributed by atoms with Gasteiger partial charge in [0.2, 0.25) is 0 Å². The van der Waals surface area contributed by atoms with E-state index in [1.54, 1.807) is 25.3 Å². The third kappa shape index (κ3) is 3.25. The zero-order chi connectivity index (χ0) is 15.2. The molecule has 5 heteroatoms. The van der Waals surface area contributed by atoms with Gasteiger partial charge in [0, 0.05) is 12.1 Å². The minimum absolute atomic E-state index is 0.252. The molecule has 0 spiro atoms. The molecular weight excluding hydrogens is 268 g/mol. The number of hydrogen-bond acceptors (Lipinski definition) is 4. The number of para-hydroxylation sites is 2. The molecule has 0 unspecified atom stereocenters. The molecule has 2 aromatic carbocycles. The number of benzene rings is 2. The van der Waals surface area contributed by atoms with Gasteiger partial charge in [-0.2, -0.15) is 0 Å². The van der Waals surface area contributed by atoms with Crippen molar-refractivity contribution in [1.29, 1.82) is 0 Å². The van der Waals surface area contributed by atoms with Crippen LogP contribution in [-0.2, 0) is 6.54 Å². The summed E-state index contributed by atoms with van der Waals surface area (Å²) in [6.07, 6.45) is 0. The quantitative estimate of drug-likeness (QED) is 0.827. The minimum atomic E-state index is -0.252. The van der Waals surface area contributed by atoms with Gasteiger partial charge in [-0.15, -0.1) is 0 Å². The van der Waals surface area contributed by atoms with Gasteiger partial charge in [0.1, 0.15) is 11.5 Å². The van der Waals surface area contributed by atoms with E-state index < -0.39 is 0 Å². The van der Waals surface area contributed by atoms with E-state index in [1.807, 2.05) is 24.3 Å². The molecule has 0 atom stereocenters. The van der Waals surface area contributed by atoms with Crippen molar-refractivity contribution in [3.63, 3.8) is 0 Å². The van der Waals surface area contributed by atoms with Crippen LogP contribution >= 0.6 is 0 Å². The van der Waals surface area contributed by atoms with Crippen molar-refractivity contribution in [2.75, 3.05) is 20.0 Å². The lowest BCUT2D eigenvalue weighted by Gasteiger charge is -2.12. The van der Waals surface area contributed by atoms with Crippen molar-refractivity contribution in [1.82, 2.24) is 5.32 Å². The van der Waals surface area contributed by atoms with Gasteiger partial charge in [0.15, 0.2) is 0 Å². The molecule has 5 nitrogen and oxygen atoms in total. The van der Waals surface area contributed by atoms with Gasteiger partial charge in [-0.3, -0.25) is 4.79 Å². The monoisotopic (exact) mass is 286 g/mol. The first-order valence-electron chi connectivity index (χ1n) is 6.50. The number of ether oxygens (including phenoxy) is 2. The summed E-state index contributed by atoms with van der Waals surface area (Å²) in [5, 5.41) is 2.83. The Balaban J connectivity index is 2.12. The summed E-state index contributed by atoms with van der Waals surface area (Å²) in [4.78, 5) is 12.2. The summed E-state index contributed by atoms with van der Waals surface area (Å²) in [5.74, 6) is 0.966. The molecule has 0 bridgehead atoms. The Kier molecular flexibility index (Phi) is 4.66. The molecule has 2 aromatic rings. The van der Waals surface area contributed by atoms with Crippen molar-refractivity contribution >= 4 is 11.6 Å². The molecule has 0 aliphatic heterocycles. The maximum absolute atomic E-state index is 12.2. The standard InChI is InChI=1S/C16H18N2O3/c1-20-13-8-4-3-6-11(13)10-18-16(19)12-7-5-9-14(21-2)15(12)17/h3-9H,10,17H2,1-2H3,(H,18,19). The van der Waals surface area contributed by atoms with Crippen LogP contribution in [0.25, 0.3) is 0 Å². The molecule has 21 heavy (non-hydrogen) atoms. The van der Waals surface area contributed by atoms with Gasteiger partial charge >= 0.3 is 0 Å². The van der Waals surface area contributed by atoms with Gasteiger partial charge in [0.25, 0.3) is 5.91 Å². The number of amides is 1. The molecule has 2 rings (SSSR count). The Labute approximate surface area is 123 Å². The van der Waals surface area contributed by atoms with E-state index in [0.29, 0.717) is 23.5 Å². The van der Waals surface area contributed by atoms with Crippen LogP contribution in [0.4, 0.5) is 5.69 Å². The van der Waals surface area contributed by atoms with Crippen molar-refractivity contribution in [2.24, 2.45) is 0 Å². The Hall–Kier alpha value is -2.69. The second kappa shape index (κ2) is 6.65. The Morgan fingerprint density at radius 1 is 1.05 bits per heavy atom. The largest absolute Gasteiger partial charge is 0.496 e. The maximum atomic E-state index is 12.2. The summed E-state index contributed by atoms with van der Waals surface area (Å²) in [5.41, 5.74) is 7.53. The zero-order valence-corrected chi connectivity index (χ0v) is 12.1. The number of carbonyl (C=O) groups excluding carboxylic acids is 1. The van der Waals surface area contributed by atoms with E-state index >= 15 is 0 Å². The first kappa shape index (κ1) is 14.7. The Morgan fingerprint density at radius 2 is 1.71 bits per heavy atom. The first-order chi connectivity index (χ1) is 10.2. The van der Waals surface area contributed by atoms with Gasteiger partial charge in [-0.1, -0.05) is 24.3 Å². The fourth-order valence-corrected chi connectivity index (χ4v) is 2.04. The summed E-state index contributed by atoms with van der Waals surface area (Å²) < 4.78 is 10.4. The topological polar surface area (TPSA) is 73.6 Å². The summed E-state index contributed by atoms with van der Waals surface area (Å²) in [6, 6.07) is 12.6. The van der Waals surface area contributed by atoms with Crippen LogP contribution < -0.4 is 20.5 Å². The van der Waals surface area contributed by atoms with E-state index in [9.17, 15) is 4.79 Å². The second-order valence-electron chi connectivity index (χ2n) is 4.42. The average Bonchev–Trinajstić information content (AvgIpc) is 2.53. The molecule has 0 heterocycles. The van der Waals surface area contributed by atoms with E-state index in [0.717, 1.165) is 11.3 Å². The minimum Gasteiger partial charge on any atom is -0.496 e. The third-order valence-corrected chi connectivity index (χ3v) is 3.16. The van der Waals surface area contributed by atoms with Crippen molar-refractivity contribution in [3.05, 3.63) is 53.6 Å². The van der Waals surface area contributed by atoms with Crippen LogP contribution in [0.1, 0.15) is 15.9 Å². The van der Waals surface area contributed by atoms with Crippen LogP contribution in [0.5, 0.6) is 11.5 Å². The zero-order valence-electron chi connectivity index (χ0n) is 12.1.